The van der Waals surface area contributed by atoms with Crippen molar-refractivity contribution in [2.75, 3.05) is 10.7 Å². The number of nitrogens with one attached hydrogen (secondary N) is 2. The first-order valence-corrected chi connectivity index (χ1v) is 6.23. The number of anilines is 2. The molecule has 0 saturated carbocycles. The summed E-state index contributed by atoms with van der Waals surface area (Å²) in [5.41, 5.74) is 3.35. The molecule has 6 heteroatoms. The third-order valence-electron chi connectivity index (χ3n) is 2.51. The Kier molecular flexibility index (Phi) is 4.13. The van der Waals surface area contributed by atoms with Crippen LogP contribution >= 0.6 is 15.9 Å². The molecule has 0 aliphatic rings. The summed E-state index contributed by atoms with van der Waals surface area (Å²) in [6, 6.07) is 11.1. The fourth-order valence-corrected chi connectivity index (χ4v) is 1.92. The fraction of sp³-hybridized carbons (Fsp3) is 0. The maximum absolute atomic E-state index is 13.6. The van der Waals surface area contributed by atoms with Crippen LogP contribution in [0.5, 0.6) is 0 Å². The Hall–Kier alpha value is -1.92. The summed E-state index contributed by atoms with van der Waals surface area (Å²) < 4.78 is 14.2. The molecule has 0 spiro atoms. The van der Waals surface area contributed by atoms with Gasteiger partial charge in [-0.3, -0.25) is 10.6 Å². The smallest absolute Gasteiger partial charge is 0.257 e. The highest BCUT2D eigenvalue weighted by Gasteiger charge is 2.12. The zero-order valence-electron chi connectivity index (χ0n) is 9.78. The second kappa shape index (κ2) is 5.81. The van der Waals surface area contributed by atoms with E-state index in [9.17, 15) is 9.18 Å². The summed E-state index contributed by atoms with van der Waals surface area (Å²) in [5, 5.41) is 2.50. The van der Waals surface area contributed by atoms with Gasteiger partial charge in [0.05, 0.1) is 16.9 Å². The molecule has 0 radical (unpaired) electrons. The number of carbonyl (C=O) groups is 1. The molecule has 0 aliphatic heterocycles. The number of para-hydroxylation sites is 1. The summed E-state index contributed by atoms with van der Waals surface area (Å²) in [4.78, 5) is 12.0. The van der Waals surface area contributed by atoms with Crippen molar-refractivity contribution in [2.24, 2.45) is 5.84 Å². The van der Waals surface area contributed by atoms with E-state index in [-0.39, 0.29) is 5.69 Å². The highest BCUT2D eigenvalue weighted by Crippen LogP contribution is 2.21. The predicted octanol–water partition coefficient (Wildman–Crippen LogP) is 3.13. The third kappa shape index (κ3) is 3.10. The highest BCUT2D eigenvalue weighted by atomic mass is 79.9. The fourth-order valence-electron chi connectivity index (χ4n) is 1.59. The number of hydrogen-bond acceptors (Lipinski definition) is 3. The van der Waals surface area contributed by atoms with E-state index < -0.39 is 11.7 Å². The van der Waals surface area contributed by atoms with Crippen LogP contribution < -0.4 is 16.6 Å². The molecule has 0 heterocycles. The standard InChI is InChI=1S/C13H11BrFN3O/c14-8-5-6-12(10(15)7-8)17-13(19)9-3-1-2-4-11(9)18-16/h1-7,18H,16H2,(H,17,19). The lowest BCUT2D eigenvalue weighted by Crippen LogP contribution is -2.17. The molecule has 0 bridgehead atoms. The first-order chi connectivity index (χ1) is 9.11. The van der Waals surface area contributed by atoms with Crippen molar-refractivity contribution in [3.63, 3.8) is 0 Å². The van der Waals surface area contributed by atoms with Gasteiger partial charge < -0.3 is 10.7 Å². The number of hydrazine groups is 1. The molecular formula is C13H11BrFN3O. The lowest BCUT2D eigenvalue weighted by molar-refractivity contribution is 0.102. The van der Waals surface area contributed by atoms with Crippen LogP contribution in [0.2, 0.25) is 0 Å². The highest BCUT2D eigenvalue weighted by molar-refractivity contribution is 9.10. The minimum atomic E-state index is -0.513. The molecule has 0 saturated heterocycles. The predicted molar refractivity (Wildman–Crippen MR) is 76.3 cm³/mol. The summed E-state index contributed by atoms with van der Waals surface area (Å²) in [6.45, 7) is 0. The van der Waals surface area contributed by atoms with E-state index in [0.29, 0.717) is 15.7 Å². The van der Waals surface area contributed by atoms with Crippen LogP contribution in [0, 0.1) is 5.82 Å². The van der Waals surface area contributed by atoms with Gasteiger partial charge in [0.15, 0.2) is 0 Å². The van der Waals surface area contributed by atoms with E-state index in [4.69, 9.17) is 5.84 Å². The van der Waals surface area contributed by atoms with Crippen LogP contribution in [0.1, 0.15) is 10.4 Å². The first-order valence-electron chi connectivity index (χ1n) is 5.44. The minimum absolute atomic E-state index is 0.111. The van der Waals surface area contributed by atoms with Gasteiger partial charge in [0.1, 0.15) is 5.82 Å². The molecule has 98 valence electrons. The first kappa shape index (κ1) is 13.5. The van der Waals surface area contributed by atoms with E-state index in [0.717, 1.165) is 0 Å². The molecule has 0 fully saturated rings. The topological polar surface area (TPSA) is 67.1 Å². The molecular weight excluding hydrogens is 313 g/mol. The number of nitrogens with two attached hydrogens (primary N) is 1. The summed E-state index contributed by atoms with van der Waals surface area (Å²) >= 11 is 3.15. The molecule has 2 rings (SSSR count). The molecule has 0 aromatic heterocycles. The van der Waals surface area contributed by atoms with Crippen LogP contribution in [0.15, 0.2) is 46.9 Å². The van der Waals surface area contributed by atoms with Crippen molar-refractivity contribution in [1.82, 2.24) is 0 Å². The molecule has 19 heavy (non-hydrogen) atoms. The van der Waals surface area contributed by atoms with Crippen LogP contribution in [-0.4, -0.2) is 5.91 Å². The normalized spacial score (nSPS) is 10.1. The van der Waals surface area contributed by atoms with Gasteiger partial charge in [-0.2, -0.15) is 0 Å². The van der Waals surface area contributed by atoms with Crippen molar-refractivity contribution in [3.05, 3.63) is 58.3 Å². The SMILES string of the molecule is NNc1ccccc1C(=O)Nc1ccc(Br)cc1F. The number of amides is 1. The van der Waals surface area contributed by atoms with Crippen LogP contribution in [-0.2, 0) is 0 Å². The number of hydrogen-bond donors (Lipinski definition) is 3. The zero-order chi connectivity index (χ0) is 13.8. The van der Waals surface area contributed by atoms with Crippen LogP contribution in [0.3, 0.4) is 0 Å². The van der Waals surface area contributed by atoms with Gasteiger partial charge in [-0.25, -0.2) is 4.39 Å². The number of benzene rings is 2. The Morgan fingerprint density at radius 3 is 2.58 bits per heavy atom. The summed E-state index contributed by atoms with van der Waals surface area (Å²) in [7, 11) is 0. The zero-order valence-corrected chi connectivity index (χ0v) is 11.4. The third-order valence-corrected chi connectivity index (χ3v) is 3.00. The van der Waals surface area contributed by atoms with Crippen LogP contribution in [0.25, 0.3) is 0 Å². The number of nitrogen functional groups attached to an aromatic ring is 1. The number of carbonyl (C=O) groups excluding carboxylic acids is 1. The van der Waals surface area contributed by atoms with E-state index >= 15 is 0 Å². The summed E-state index contributed by atoms with van der Waals surface area (Å²) in [5.74, 6) is 4.37. The van der Waals surface area contributed by atoms with Gasteiger partial charge >= 0.3 is 0 Å². The largest absolute Gasteiger partial charge is 0.323 e. The van der Waals surface area contributed by atoms with Gasteiger partial charge in [-0.05, 0) is 30.3 Å². The quantitative estimate of drug-likeness (QED) is 0.600. The molecule has 4 nitrogen and oxygen atoms in total. The Morgan fingerprint density at radius 1 is 1.16 bits per heavy atom. The molecule has 0 atom stereocenters. The van der Waals surface area contributed by atoms with Gasteiger partial charge in [-0.1, -0.05) is 28.1 Å². The Bertz CT molecular complexity index is 619. The van der Waals surface area contributed by atoms with Gasteiger partial charge in [0.25, 0.3) is 5.91 Å². The van der Waals surface area contributed by atoms with Crippen molar-refractivity contribution in [3.8, 4) is 0 Å². The van der Waals surface area contributed by atoms with E-state index in [2.05, 4.69) is 26.7 Å². The van der Waals surface area contributed by atoms with Gasteiger partial charge in [-0.15, -0.1) is 0 Å². The Morgan fingerprint density at radius 2 is 1.89 bits per heavy atom. The average molecular weight is 324 g/mol. The second-order valence-corrected chi connectivity index (χ2v) is 4.68. The van der Waals surface area contributed by atoms with Crippen molar-refractivity contribution >= 4 is 33.2 Å². The van der Waals surface area contributed by atoms with Gasteiger partial charge in [0, 0.05) is 4.47 Å². The second-order valence-electron chi connectivity index (χ2n) is 3.77. The maximum Gasteiger partial charge on any atom is 0.257 e. The molecule has 0 unspecified atom stereocenters. The Balaban J connectivity index is 2.26. The Labute approximate surface area is 117 Å². The lowest BCUT2D eigenvalue weighted by Gasteiger charge is -2.10. The van der Waals surface area contributed by atoms with Gasteiger partial charge in [0.2, 0.25) is 0 Å². The van der Waals surface area contributed by atoms with Crippen molar-refractivity contribution in [1.29, 1.82) is 0 Å². The number of halogens is 2. The molecule has 1 amide bonds. The van der Waals surface area contributed by atoms with E-state index in [1.807, 2.05) is 0 Å². The van der Waals surface area contributed by atoms with Crippen LogP contribution in [0.4, 0.5) is 15.8 Å². The maximum atomic E-state index is 13.6. The molecule has 2 aromatic carbocycles. The minimum Gasteiger partial charge on any atom is -0.323 e. The van der Waals surface area contributed by atoms with Crippen molar-refractivity contribution < 1.29 is 9.18 Å². The van der Waals surface area contributed by atoms with E-state index in [1.165, 1.54) is 12.1 Å². The molecule has 2 aromatic rings. The number of rotatable bonds is 3. The van der Waals surface area contributed by atoms with E-state index in [1.54, 1.807) is 30.3 Å². The monoisotopic (exact) mass is 323 g/mol. The molecule has 0 aliphatic carbocycles. The average Bonchev–Trinajstić information content (AvgIpc) is 2.41. The summed E-state index contributed by atoms with van der Waals surface area (Å²) in [6.07, 6.45) is 0. The lowest BCUT2D eigenvalue weighted by atomic mass is 10.1. The van der Waals surface area contributed by atoms with Crippen molar-refractivity contribution in [2.45, 2.75) is 0 Å². The molecule has 4 N–H and O–H groups in total.